The number of carbonyl (C=O) groups excluding carboxylic acids is 3. The van der Waals surface area contributed by atoms with Gasteiger partial charge in [0.05, 0.1) is 13.2 Å². The predicted molar refractivity (Wildman–Crippen MR) is 103 cm³/mol. The fraction of sp³-hybridized carbons (Fsp3) is 0.824. The Morgan fingerprint density at radius 2 is 1.15 bits per heavy atom. The van der Waals surface area contributed by atoms with Crippen LogP contribution >= 0.6 is 0 Å². The van der Waals surface area contributed by atoms with E-state index in [1.165, 1.54) is 0 Å². The highest BCUT2D eigenvalue weighted by Crippen LogP contribution is 2.12. The second kappa shape index (κ2) is 15.2. The number of aliphatic hydroxyl groups is 11. The van der Waals surface area contributed by atoms with Crippen molar-refractivity contribution in [3.63, 3.8) is 0 Å². The molecule has 17 heteroatoms. The summed E-state index contributed by atoms with van der Waals surface area (Å²) in [6.45, 7) is -2.01. The van der Waals surface area contributed by atoms with Gasteiger partial charge in [-0.3, -0.25) is 9.59 Å². The fourth-order valence-corrected chi connectivity index (χ4v) is 2.26. The van der Waals surface area contributed by atoms with E-state index in [0.717, 1.165) is 0 Å². The molecule has 0 radical (unpaired) electrons. The number of carbonyl (C=O) groups is 3. The maximum Gasteiger partial charge on any atom is 0.345 e. The molecule has 0 aliphatic rings. The van der Waals surface area contributed by atoms with Crippen LogP contribution in [0.3, 0.4) is 0 Å². The molecule has 10 atom stereocenters. The summed E-state index contributed by atoms with van der Waals surface area (Å²) < 4.78 is 8.56. The number of hydrogen-bond donors (Lipinski definition) is 12. The number of nitrogens with two attached hydrogens (primary N) is 1. The smallest absolute Gasteiger partial charge is 0.345 e. The fourth-order valence-electron chi connectivity index (χ4n) is 2.26. The van der Waals surface area contributed by atoms with Crippen molar-refractivity contribution < 1.29 is 80.0 Å². The average Bonchev–Trinajstić information content (AvgIpc) is 2.82. The molecule has 0 aromatic heterocycles. The van der Waals surface area contributed by atoms with Gasteiger partial charge in [-0.25, -0.2) is 4.79 Å². The van der Waals surface area contributed by atoms with Gasteiger partial charge in [-0.1, -0.05) is 0 Å². The molecule has 0 aromatic carbocycles. The van der Waals surface area contributed by atoms with E-state index in [0.29, 0.717) is 0 Å². The summed E-state index contributed by atoms with van der Waals surface area (Å²) >= 11 is 0. The van der Waals surface area contributed by atoms with Gasteiger partial charge in [-0.2, -0.15) is 0 Å². The van der Waals surface area contributed by atoms with E-state index in [2.05, 4.69) is 9.47 Å². The van der Waals surface area contributed by atoms with E-state index in [1.54, 1.807) is 0 Å². The maximum absolute atomic E-state index is 11.8. The van der Waals surface area contributed by atoms with Crippen molar-refractivity contribution in [2.24, 2.45) is 5.73 Å². The van der Waals surface area contributed by atoms with E-state index in [4.69, 9.17) is 21.1 Å². The molecule has 200 valence electrons. The van der Waals surface area contributed by atoms with Crippen molar-refractivity contribution in [3.8, 4) is 0 Å². The summed E-state index contributed by atoms with van der Waals surface area (Å²) in [5.74, 6) is -4.49. The van der Waals surface area contributed by atoms with Crippen molar-refractivity contribution in [2.45, 2.75) is 74.0 Å². The molecular weight excluding hydrogens is 474 g/mol. The average molecular weight is 505 g/mol. The Hall–Kier alpha value is -1.87. The third kappa shape index (κ3) is 9.78. The topological polar surface area (TPSA) is 318 Å². The van der Waals surface area contributed by atoms with E-state index in [1.807, 2.05) is 0 Å². The molecule has 0 rings (SSSR count). The first-order chi connectivity index (χ1) is 15.7. The van der Waals surface area contributed by atoms with Crippen molar-refractivity contribution >= 4 is 17.9 Å². The monoisotopic (exact) mass is 505 g/mol. The van der Waals surface area contributed by atoms with Gasteiger partial charge in [0, 0.05) is 6.42 Å². The number of ether oxygens (including phenoxy) is 2. The van der Waals surface area contributed by atoms with Crippen LogP contribution in [0.15, 0.2) is 0 Å². The number of rotatable bonds is 15. The highest BCUT2D eigenvalue weighted by Gasteiger charge is 2.37. The number of hydrogen-bond acceptors (Lipinski definition) is 17. The van der Waals surface area contributed by atoms with Crippen LogP contribution in [0.25, 0.3) is 0 Å². The van der Waals surface area contributed by atoms with Gasteiger partial charge < -0.3 is 71.4 Å². The Morgan fingerprint density at radius 1 is 0.676 bits per heavy atom. The highest BCUT2D eigenvalue weighted by atomic mass is 16.6. The lowest BCUT2D eigenvalue weighted by Crippen LogP contribution is -2.51. The second-order valence-corrected chi connectivity index (χ2v) is 7.16. The Labute approximate surface area is 191 Å². The summed E-state index contributed by atoms with van der Waals surface area (Å²) in [4.78, 5) is 35.1. The third-order valence-electron chi connectivity index (χ3n) is 4.48. The third-order valence-corrected chi connectivity index (χ3v) is 4.48. The van der Waals surface area contributed by atoms with Gasteiger partial charge in [0.25, 0.3) is 0 Å². The van der Waals surface area contributed by atoms with E-state index >= 15 is 0 Å². The van der Waals surface area contributed by atoms with E-state index < -0.39 is 105 Å². The Morgan fingerprint density at radius 3 is 1.62 bits per heavy atom. The molecule has 0 aliphatic carbocycles. The zero-order valence-electron chi connectivity index (χ0n) is 17.6. The minimum Gasteiger partial charge on any atom is -0.432 e. The molecule has 0 fully saturated rings. The first kappa shape index (κ1) is 32.1. The molecule has 0 saturated heterocycles. The van der Waals surface area contributed by atoms with Crippen molar-refractivity contribution in [1.82, 2.24) is 0 Å². The molecule has 13 N–H and O–H groups in total. The van der Waals surface area contributed by atoms with Crippen molar-refractivity contribution in [1.29, 1.82) is 0 Å². The van der Waals surface area contributed by atoms with E-state index in [9.17, 15) is 55.2 Å². The molecule has 0 aliphatic heterocycles. The van der Waals surface area contributed by atoms with Gasteiger partial charge in [-0.15, -0.1) is 0 Å². The molecule has 0 heterocycles. The summed E-state index contributed by atoms with van der Waals surface area (Å²) in [6.07, 6.45) is -21.2. The molecule has 0 aromatic rings. The van der Waals surface area contributed by atoms with Crippen LogP contribution in [-0.2, 0) is 23.9 Å². The van der Waals surface area contributed by atoms with Crippen LogP contribution in [0.4, 0.5) is 0 Å². The lowest BCUT2D eigenvalue weighted by atomic mass is 10.0. The minimum absolute atomic E-state index is 0.563. The van der Waals surface area contributed by atoms with Crippen LogP contribution in [0.2, 0.25) is 0 Å². The SMILES string of the molecule is N[C@@H](CCC(=O)OC(=O)[C@H](O)[C@@H](O)[C@H](O)[C@H](O)CO)C(=O)OC(O)[C@@H](O)[C@@H](O)[C@H](O)[C@H](O)CO. The second-order valence-electron chi connectivity index (χ2n) is 7.16. The Kier molecular flexibility index (Phi) is 14.4. The molecule has 17 nitrogen and oxygen atoms in total. The predicted octanol–water partition coefficient (Wildman–Crippen LogP) is -8.10. The van der Waals surface area contributed by atoms with Gasteiger partial charge >= 0.3 is 17.9 Å². The normalized spacial score (nSPS) is 20.6. The Bertz CT molecular complexity index is 649. The van der Waals surface area contributed by atoms with Crippen LogP contribution in [-0.4, -0.2) is 148 Å². The lowest BCUT2D eigenvalue weighted by Gasteiger charge is -2.28. The molecule has 1 unspecified atom stereocenters. The summed E-state index contributed by atoms with van der Waals surface area (Å²) in [6, 6.07) is -1.65. The lowest BCUT2D eigenvalue weighted by molar-refractivity contribution is -0.214. The zero-order chi connectivity index (χ0) is 26.7. The first-order valence-electron chi connectivity index (χ1n) is 9.74. The molecule has 34 heavy (non-hydrogen) atoms. The van der Waals surface area contributed by atoms with E-state index in [-0.39, 0.29) is 0 Å². The van der Waals surface area contributed by atoms with Crippen LogP contribution in [0.5, 0.6) is 0 Å². The summed E-state index contributed by atoms with van der Waals surface area (Å²) in [7, 11) is 0. The minimum atomic E-state index is -2.48. The molecule has 0 amide bonds. The number of aliphatic hydroxyl groups excluding tert-OH is 11. The summed E-state index contributed by atoms with van der Waals surface area (Å²) in [5.41, 5.74) is 5.43. The van der Waals surface area contributed by atoms with Crippen LogP contribution in [0, 0.1) is 0 Å². The molecule has 0 bridgehead atoms. The van der Waals surface area contributed by atoms with Crippen LogP contribution < -0.4 is 5.73 Å². The van der Waals surface area contributed by atoms with Gasteiger partial charge in [0.15, 0.2) is 6.10 Å². The summed E-state index contributed by atoms with van der Waals surface area (Å²) in [5, 5.41) is 103. The molecule has 0 spiro atoms. The Balaban J connectivity index is 4.64. The first-order valence-corrected chi connectivity index (χ1v) is 9.74. The van der Waals surface area contributed by atoms with Gasteiger partial charge in [0.1, 0.15) is 48.8 Å². The molecule has 0 saturated carbocycles. The molecular formula is C17H31NO16. The highest BCUT2D eigenvalue weighted by molar-refractivity contribution is 5.88. The van der Waals surface area contributed by atoms with Crippen LogP contribution in [0.1, 0.15) is 12.8 Å². The van der Waals surface area contributed by atoms with Gasteiger partial charge in [0.2, 0.25) is 6.29 Å². The largest absolute Gasteiger partial charge is 0.432 e. The van der Waals surface area contributed by atoms with Gasteiger partial charge in [-0.05, 0) is 6.42 Å². The standard InChI is InChI=1S/C17H31NO16/c18-5(15(30)34-17(32)14(29)12(27)10(25)7(22)4-20)1-2-8(23)33-16(31)13(28)11(26)9(24)6(21)3-19/h5-7,9-14,17,19-22,24-29,32H,1-4,18H2/t5-,6+,7+,9+,10+,11-,12-,13+,14-,17?/m0/s1. The van der Waals surface area contributed by atoms with Crippen molar-refractivity contribution in [3.05, 3.63) is 0 Å². The maximum atomic E-state index is 11.8. The zero-order valence-corrected chi connectivity index (χ0v) is 17.6. The quantitative estimate of drug-likeness (QED) is 0.0558. The number of esters is 3. The van der Waals surface area contributed by atoms with Crippen molar-refractivity contribution in [2.75, 3.05) is 13.2 Å².